The smallest absolute Gasteiger partial charge is 0.272 e. The number of nitrogens with one attached hydrogen (secondary N) is 2. The standard InChI is InChI=1S/C22H20N2O3/c1-15-10-11-17(13-16(15)2)21(25)24-20(14-19-9-6-12-27-19)22(26)23-18-7-4-3-5-8-18/h3-14H,1-2H3,(H,23,26)(H,24,25)/b20-14+. The molecule has 0 saturated carbocycles. The molecule has 0 radical (unpaired) electrons. The van der Waals surface area contributed by atoms with Crippen molar-refractivity contribution in [3.8, 4) is 0 Å². The molecule has 27 heavy (non-hydrogen) atoms. The lowest BCUT2D eigenvalue weighted by Gasteiger charge is -2.11. The van der Waals surface area contributed by atoms with E-state index < -0.39 is 5.91 Å². The van der Waals surface area contributed by atoms with E-state index in [0.29, 0.717) is 17.0 Å². The van der Waals surface area contributed by atoms with E-state index in [1.54, 1.807) is 36.4 Å². The van der Waals surface area contributed by atoms with Crippen molar-refractivity contribution < 1.29 is 14.0 Å². The third-order valence-electron chi connectivity index (χ3n) is 4.12. The molecule has 2 amide bonds. The number of aryl methyl sites for hydroxylation is 2. The molecule has 3 rings (SSSR count). The minimum absolute atomic E-state index is 0.0945. The fourth-order valence-corrected chi connectivity index (χ4v) is 2.47. The number of carbonyl (C=O) groups excluding carboxylic acids is 2. The highest BCUT2D eigenvalue weighted by Crippen LogP contribution is 2.13. The van der Waals surface area contributed by atoms with Crippen LogP contribution in [0.3, 0.4) is 0 Å². The summed E-state index contributed by atoms with van der Waals surface area (Å²) in [6.07, 6.45) is 3.00. The number of furan rings is 1. The molecule has 0 unspecified atom stereocenters. The van der Waals surface area contributed by atoms with Crippen LogP contribution in [0.15, 0.2) is 77.0 Å². The molecule has 5 heteroatoms. The van der Waals surface area contributed by atoms with E-state index in [2.05, 4.69) is 10.6 Å². The Balaban J connectivity index is 1.84. The Kier molecular flexibility index (Phi) is 5.52. The quantitative estimate of drug-likeness (QED) is 0.666. The lowest BCUT2D eigenvalue weighted by atomic mass is 10.1. The summed E-state index contributed by atoms with van der Waals surface area (Å²) >= 11 is 0. The van der Waals surface area contributed by atoms with E-state index in [1.165, 1.54) is 12.3 Å². The highest BCUT2D eigenvalue weighted by atomic mass is 16.3. The molecule has 0 spiro atoms. The number of amides is 2. The Morgan fingerprint density at radius 1 is 0.926 bits per heavy atom. The van der Waals surface area contributed by atoms with Crippen LogP contribution in [0.5, 0.6) is 0 Å². The van der Waals surface area contributed by atoms with E-state index in [9.17, 15) is 9.59 Å². The monoisotopic (exact) mass is 360 g/mol. The van der Waals surface area contributed by atoms with Gasteiger partial charge in [-0.3, -0.25) is 9.59 Å². The number of benzene rings is 2. The van der Waals surface area contributed by atoms with Gasteiger partial charge in [-0.1, -0.05) is 24.3 Å². The molecule has 3 aromatic rings. The molecular formula is C22H20N2O3. The van der Waals surface area contributed by atoms with Crippen molar-refractivity contribution in [2.24, 2.45) is 0 Å². The number of para-hydroxylation sites is 1. The molecule has 0 aliphatic carbocycles. The summed E-state index contributed by atoms with van der Waals surface area (Å²) in [5.74, 6) is -0.331. The average molecular weight is 360 g/mol. The zero-order chi connectivity index (χ0) is 19.2. The van der Waals surface area contributed by atoms with Gasteiger partial charge in [0.1, 0.15) is 11.5 Å². The van der Waals surface area contributed by atoms with Gasteiger partial charge in [-0.15, -0.1) is 0 Å². The van der Waals surface area contributed by atoms with Gasteiger partial charge in [-0.25, -0.2) is 0 Å². The Morgan fingerprint density at radius 2 is 1.70 bits per heavy atom. The predicted octanol–water partition coefficient (Wildman–Crippen LogP) is 4.31. The second-order valence-electron chi connectivity index (χ2n) is 6.15. The maximum Gasteiger partial charge on any atom is 0.272 e. The van der Waals surface area contributed by atoms with Crippen molar-refractivity contribution in [2.75, 3.05) is 5.32 Å². The van der Waals surface area contributed by atoms with Crippen molar-refractivity contribution in [3.05, 3.63) is 95.1 Å². The topological polar surface area (TPSA) is 71.3 Å². The summed E-state index contributed by atoms with van der Waals surface area (Å²) in [7, 11) is 0. The van der Waals surface area contributed by atoms with Gasteiger partial charge in [-0.2, -0.15) is 0 Å². The van der Waals surface area contributed by atoms with Gasteiger partial charge >= 0.3 is 0 Å². The molecule has 1 heterocycles. The number of hydrogen-bond donors (Lipinski definition) is 2. The van der Waals surface area contributed by atoms with Crippen LogP contribution in [0, 0.1) is 13.8 Å². The van der Waals surface area contributed by atoms with Gasteiger partial charge in [0.2, 0.25) is 0 Å². The molecule has 0 atom stereocenters. The third-order valence-corrected chi connectivity index (χ3v) is 4.12. The minimum atomic E-state index is -0.435. The lowest BCUT2D eigenvalue weighted by Crippen LogP contribution is -2.30. The molecule has 0 fully saturated rings. The molecule has 5 nitrogen and oxygen atoms in total. The van der Waals surface area contributed by atoms with E-state index >= 15 is 0 Å². The SMILES string of the molecule is Cc1ccc(C(=O)N/C(=C/c2ccco2)C(=O)Nc2ccccc2)cc1C. The molecule has 0 aliphatic heterocycles. The van der Waals surface area contributed by atoms with Crippen LogP contribution in [-0.4, -0.2) is 11.8 Å². The van der Waals surface area contributed by atoms with E-state index in [0.717, 1.165) is 11.1 Å². The Morgan fingerprint density at radius 3 is 2.37 bits per heavy atom. The fraction of sp³-hybridized carbons (Fsp3) is 0.0909. The van der Waals surface area contributed by atoms with E-state index in [4.69, 9.17) is 4.42 Å². The highest BCUT2D eigenvalue weighted by molar-refractivity contribution is 6.10. The number of rotatable bonds is 5. The molecule has 2 aromatic carbocycles. The molecule has 136 valence electrons. The Hall–Kier alpha value is -3.60. The highest BCUT2D eigenvalue weighted by Gasteiger charge is 2.16. The third kappa shape index (κ3) is 4.73. The zero-order valence-electron chi connectivity index (χ0n) is 15.2. The van der Waals surface area contributed by atoms with E-state index in [1.807, 2.05) is 38.1 Å². The summed E-state index contributed by atoms with van der Waals surface area (Å²) in [5.41, 5.74) is 3.31. The summed E-state index contributed by atoms with van der Waals surface area (Å²) in [6.45, 7) is 3.92. The van der Waals surface area contributed by atoms with Gasteiger partial charge in [-0.05, 0) is 61.4 Å². The first-order chi connectivity index (χ1) is 13.0. The first kappa shape index (κ1) is 18.2. The van der Waals surface area contributed by atoms with Crippen LogP contribution in [0.25, 0.3) is 6.08 Å². The number of carbonyl (C=O) groups is 2. The van der Waals surface area contributed by atoms with Crippen molar-refractivity contribution in [3.63, 3.8) is 0 Å². The maximum absolute atomic E-state index is 12.7. The van der Waals surface area contributed by atoms with Gasteiger partial charge < -0.3 is 15.1 Å². The van der Waals surface area contributed by atoms with Gasteiger partial charge in [0.05, 0.1) is 6.26 Å². The normalized spacial score (nSPS) is 11.1. The average Bonchev–Trinajstić information content (AvgIpc) is 3.17. The summed E-state index contributed by atoms with van der Waals surface area (Å²) < 4.78 is 5.28. The zero-order valence-corrected chi connectivity index (χ0v) is 15.2. The molecular weight excluding hydrogens is 340 g/mol. The van der Waals surface area contributed by atoms with Crippen LogP contribution in [0.4, 0.5) is 5.69 Å². The molecule has 0 aliphatic rings. The van der Waals surface area contributed by atoms with Crippen molar-refractivity contribution in [2.45, 2.75) is 13.8 Å². The summed E-state index contributed by atoms with van der Waals surface area (Å²) in [6, 6.07) is 17.9. The first-order valence-electron chi connectivity index (χ1n) is 8.53. The van der Waals surface area contributed by atoms with Gasteiger partial charge in [0.15, 0.2) is 0 Å². The maximum atomic E-state index is 12.7. The van der Waals surface area contributed by atoms with Crippen LogP contribution in [-0.2, 0) is 4.79 Å². The first-order valence-corrected chi connectivity index (χ1v) is 8.53. The van der Waals surface area contributed by atoms with Crippen molar-refractivity contribution in [1.82, 2.24) is 5.32 Å². The second-order valence-corrected chi connectivity index (χ2v) is 6.15. The van der Waals surface area contributed by atoms with E-state index in [-0.39, 0.29) is 11.6 Å². The Bertz CT molecular complexity index is 974. The summed E-state index contributed by atoms with van der Waals surface area (Å²) in [5, 5.41) is 5.46. The van der Waals surface area contributed by atoms with Crippen LogP contribution >= 0.6 is 0 Å². The minimum Gasteiger partial charge on any atom is -0.465 e. The van der Waals surface area contributed by atoms with Crippen molar-refractivity contribution in [1.29, 1.82) is 0 Å². The van der Waals surface area contributed by atoms with Gasteiger partial charge in [0.25, 0.3) is 11.8 Å². The van der Waals surface area contributed by atoms with Gasteiger partial charge in [0, 0.05) is 17.3 Å². The summed E-state index contributed by atoms with van der Waals surface area (Å²) in [4.78, 5) is 25.3. The molecule has 1 aromatic heterocycles. The predicted molar refractivity (Wildman–Crippen MR) is 105 cm³/mol. The number of anilines is 1. The molecule has 0 bridgehead atoms. The Labute approximate surface area is 157 Å². The molecule has 2 N–H and O–H groups in total. The van der Waals surface area contributed by atoms with Crippen LogP contribution in [0.2, 0.25) is 0 Å². The van der Waals surface area contributed by atoms with Crippen LogP contribution in [0.1, 0.15) is 27.2 Å². The largest absolute Gasteiger partial charge is 0.465 e. The molecule has 0 saturated heterocycles. The lowest BCUT2D eigenvalue weighted by molar-refractivity contribution is -0.113. The van der Waals surface area contributed by atoms with Crippen LogP contribution < -0.4 is 10.6 Å². The fourth-order valence-electron chi connectivity index (χ4n) is 2.47. The second kappa shape index (κ2) is 8.19. The van der Waals surface area contributed by atoms with Crippen molar-refractivity contribution >= 4 is 23.6 Å². The number of hydrogen-bond acceptors (Lipinski definition) is 3.